The van der Waals surface area contributed by atoms with Gasteiger partial charge in [0.1, 0.15) is 68.8 Å². The summed E-state index contributed by atoms with van der Waals surface area (Å²) in [6.45, 7) is 16.0. The number of benzene rings is 3. The number of halogens is 4. The van der Waals surface area contributed by atoms with E-state index in [-0.39, 0.29) is 104 Å². The highest BCUT2D eigenvalue weighted by atomic mass is 35.5. The van der Waals surface area contributed by atoms with Gasteiger partial charge in [0.05, 0.1) is 48.0 Å². The van der Waals surface area contributed by atoms with Crippen LogP contribution in [0.2, 0.25) is 5.02 Å². The Labute approximate surface area is 556 Å². The molecule has 0 bridgehead atoms. The number of hydrogen-bond acceptors (Lipinski definition) is 15. The topological polar surface area (TPSA) is 349 Å². The summed E-state index contributed by atoms with van der Waals surface area (Å²) >= 11 is 5.69. The van der Waals surface area contributed by atoms with E-state index in [0.29, 0.717) is 56.4 Å². The molecule has 1 atom stereocenters. The van der Waals surface area contributed by atoms with Gasteiger partial charge in [0.25, 0.3) is 17.7 Å². The Morgan fingerprint density at radius 2 is 0.917 bits per heavy atom. The first-order valence-corrected chi connectivity index (χ1v) is 32.4. The Hall–Kier alpha value is -9.63. The zero-order valence-electron chi connectivity index (χ0n) is 52.9. The van der Waals surface area contributed by atoms with Gasteiger partial charge in [-0.15, -0.1) is 0 Å². The van der Waals surface area contributed by atoms with Gasteiger partial charge < -0.3 is 63.3 Å². The number of alkyl halides is 3. The summed E-state index contributed by atoms with van der Waals surface area (Å²) < 4.78 is 62.0. The van der Waals surface area contributed by atoms with Crippen molar-refractivity contribution in [2.24, 2.45) is 33.4 Å². The van der Waals surface area contributed by atoms with E-state index in [2.05, 4.69) is 29.9 Å². The number of likely N-dealkylation sites (tertiary alicyclic amines) is 3. The molecule has 6 amide bonds. The van der Waals surface area contributed by atoms with E-state index in [9.17, 15) is 41.9 Å². The van der Waals surface area contributed by atoms with E-state index < -0.39 is 34.5 Å². The van der Waals surface area contributed by atoms with Crippen molar-refractivity contribution in [3.63, 3.8) is 0 Å². The summed E-state index contributed by atoms with van der Waals surface area (Å²) in [5, 5.41) is 13.3. The molecule has 4 aliphatic heterocycles. The van der Waals surface area contributed by atoms with Crippen LogP contribution < -0.4 is 43.9 Å². The van der Waals surface area contributed by atoms with E-state index in [1.165, 1.54) is 41.8 Å². The Morgan fingerprint density at radius 1 is 0.542 bits per heavy atom. The van der Waals surface area contributed by atoms with Gasteiger partial charge in [0, 0.05) is 73.2 Å². The molecule has 12 N–H and O–H groups in total. The number of nitrogens with two attached hydrogens (primary N) is 6. The van der Waals surface area contributed by atoms with Gasteiger partial charge in [-0.25, -0.2) is 14.0 Å². The fourth-order valence-corrected chi connectivity index (χ4v) is 15.5. The van der Waals surface area contributed by atoms with Crippen LogP contribution in [0.5, 0.6) is 11.5 Å². The van der Waals surface area contributed by atoms with Crippen LogP contribution in [-0.4, -0.2) is 144 Å². The first kappa shape index (κ1) is 66.4. The van der Waals surface area contributed by atoms with Crippen molar-refractivity contribution >= 4 is 64.5 Å². The second-order valence-electron chi connectivity index (χ2n) is 26.8. The predicted molar refractivity (Wildman–Crippen MR) is 352 cm³/mol. The first-order chi connectivity index (χ1) is 45.7. The van der Waals surface area contributed by atoms with Gasteiger partial charge in [-0.3, -0.25) is 28.8 Å². The lowest BCUT2D eigenvalue weighted by Gasteiger charge is -2.58. The van der Waals surface area contributed by atoms with Crippen LogP contribution in [0.3, 0.4) is 0 Å². The summed E-state index contributed by atoms with van der Waals surface area (Å²) in [6, 6.07) is 18.3. The molecule has 0 radical (unpaired) electrons. The summed E-state index contributed by atoms with van der Waals surface area (Å²) in [5.41, 5.74) is 37.6. The molecule has 7 heterocycles. The minimum Gasteiger partial charge on any atom is -0.490 e. The van der Waals surface area contributed by atoms with E-state index in [1.807, 2.05) is 53.4 Å². The number of ether oxygens (including phenoxy) is 3. The maximum Gasteiger partial charge on any atom is 0.417 e. The molecule has 4 saturated heterocycles. The number of nitrogen functional groups attached to an aromatic ring is 3. The van der Waals surface area contributed by atoms with Crippen LogP contribution in [0.15, 0.2) is 105 Å². The molecule has 4 aliphatic carbocycles. The lowest BCUT2D eigenvalue weighted by atomic mass is 9.60. The number of primary amides is 3. The highest BCUT2D eigenvalue weighted by Gasteiger charge is 2.56. The van der Waals surface area contributed by atoms with Crippen LogP contribution in [0.4, 0.5) is 30.6 Å². The Kier molecular flexibility index (Phi) is 17.9. The van der Waals surface area contributed by atoms with Crippen LogP contribution >= 0.6 is 11.6 Å². The molecule has 24 nitrogen and oxygen atoms in total. The SMILES string of the molecule is C=CC(=O)N1CC2(CC(n3nc(-c4ccc(Cl)c(C(F)(F)F)c4)c(C(N)=O)c3N)C2)C1.C=CC(=O)N1CC2(CC(n3nc(-c4ccc(OC5CCOC5)cc4)c(C(N)=O)c3N)C2)C1.C=CC(=O)N1CCC2(CC(n3nc(-c4ccc(OC5CCCC5)cc4)c(C(N)=O)c3N)C2)C1. The minimum absolute atomic E-state index is 0.00389. The maximum atomic E-state index is 13.3. The molecule has 8 fully saturated rings. The van der Waals surface area contributed by atoms with Crippen LogP contribution in [0.25, 0.3) is 33.8 Å². The molecule has 28 heteroatoms. The zero-order chi connectivity index (χ0) is 68.3. The number of anilines is 3. The Bertz CT molecular complexity index is 4060. The third-order valence-corrected chi connectivity index (χ3v) is 20.6. The summed E-state index contributed by atoms with van der Waals surface area (Å²) in [5.74, 6) is -0.112. The summed E-state index contributed by atoms with van der Waals surface area (Å²) in [4.78, 5) is 77.2. The van der Waals surface area contributed by atoms with Crippen molar-refractivity contribution in [2.45, 2.75) is 114 Å². The van der Waals surface area contributed by atoms with Gasteiger partial charge >= 0.3 is 6.18 Å². The van der Waals surface area contributed by atoms with E-state index >= 15 is 0 Å². The Balaban J connectivity index is 0.000000138. The molecule has 4 saturated carbocycles. The lowest BCUT2D eigenvalue weighted by molar-refractivity contribution is -0.149. The fourth-order valence-electron chi connectivity index (χ4n) is 15.3. The number of carbonyl (C=O) groups excluding carboxylic acids is 6. The molecule has 1 unspecified atom stereocenters. The van der Waals surface area contributed by atoms with Crippen LogP contribution in [-0.2, 0) is 25.3 Å². The van der Waals surface area contributed by atoms with E-state index in [4.69, 9.17) is 65.3 Å². The molecular formula is C68H77ClF3N15O9. The van der Waals surface area contributed by atoms with Crippen LogP contribution in [0.1, 0.15) is 132 Å². The predicted octanol–water partition coefficient (Wildman–Crippen LogP) is 8.29. The summed E-state index contributed by atoms with van der Waals surface area (Å²) in [6.07, 6.45) is 10.9. The number of amides is 6. The van der Waals surface area contributed by atoms with Crippen molar-refractivity contribution in [1.29, 1.82) is 0 Å². The fraction of sp³-hybridized carbons (Fsp3) is 0.426. The second-order valence-corrected chi connectivity index (χ2v) is 27.2. The monoisotopic (exact) mass is 1340 g/mol. The molecular weight excluding hydrogens is 1260 g/mol. The average molecular weight is 1340 g/mol. The molecule has 14 rings (SSSR count). The van der Waals surface area contributed by atoms with Gasteiger partial charge in [-0.1, -0.05) is 37.4 Å². The van der Waals surface area contributed by atoms with Crippen molar-refractivity contribution in [1.82, 2.24) is 44.0 Å². The number of nitrogens with zero attached hydrogens (tertiary/aromatic N) is 9. The number of aromatic nitrogens is 6. The smallest absolute Gasteiger partial charge is 0.417 e. The van der Waals surface area contributed by atoms with Gasteiger partial charge in [-0.05, 0) is 155 Å². The molecule has 3 spiro atoms. The van der Waals surface area contributed by atoms with Gasteiger partial charge in [0.15, 0.2) is 0 Å². The maximum absolute atomic E-state index is 13.3. The summed E-state index contributed by atoms with van der Waals surface area (Å²) in [7, 11) is 0. The first-order valence-electron chi connectivity index (χ1n) is 32.0. The van der Waals surface area contributed by atoms with Crippen molar-refractivity contribution in [3.8, 4) is 45.3 Å². The quantitative estimate of drug-likeness (QED) is 0.0496. The van der Waals surface area contributed by atoms with Gasteiger partial charge in [0.2, 0.25) is 17.7 Å². The zero-order valence-corrected chi connectivity index (χ0v) is 53.7. The number of hydrogen-bond donors (Lipinski definition) is 6. The normalized spacial score (nSPS) is 20.0. The molecule has 8 aliphatic rings. The molecule has 3 aromatic heterocycles. The number of carbonyl (C=O) groups is 6. The molecule has 96 heavy (non-hydrogen) atoms. The second kappa shape index (κ2) is 25.8. The third kappa shape index (κ3) is 12.8. The van der Waals surface area contributed by atoms with Gasteiger partial charge in [-0.2, -0.15) is 28.5 Å². The van der Waals surface area contributed by atoms with Crippen molar-refractivity contribution in [2.75, 3.05) is 69.7 Å². The molecule has 506 valence electrons. The minimum atomic E-state index is -4.67. The van der Waals surface area contributed by atoms with E-state index in [1.54, 1.807) is 19.2 Å². The third-order valence-electron chi connectivity index (χ3n) is 20.2. The average Bonchev–Trinajstić information content (AvgIpc) is 1.29. The molecule has 6 aromatic rings. The highest BCUT2D eigenvalue weighted by molar-refractivity contribution is 6.31. The largest absolute Gasteiger partial charge is 0.490 e. The standard InChI is InChI=1S/C25H31N5O3.C23H27N5O4.C20H19ClF3N5O2/c1-2-20(31)29-12-11-25(15-29)13-17(14-25)30-23(26)21(24(27)32)22(28-30)16-7-9-19(10-8-16)33-18-5-3-4-6-18;1-2-18(29)27-12-23(13-27)9-15(10-23)28-21(24)19(22(25)30)20(26-28)14-3-5-16(6-4-14)32-17-7-8-31-11-17;1-2-14(30)28-8-19(9-28)6-11(7-19)29-17(25)15(18(26)31)16(27-29)10-3-4-13(21)12(5-10)20(22,23)24/h2,7-10,17-18H,1,3-6,11-15,26H2,(H2,27,32);2-6,15,17H,1,7-13,24H2,(H2,25,30);2-5,11H,1,6-9,25H2,(H2,26,31). The Morgan fingerprint density at radius 3 is 1.30 bits per heavy atom. The highest BCUT2D eigenvalue weighted by Crippen LogP contribution is 2.58. The van der Waals surface area contributed by atoms with Crippen molar-refractivity contribution in [3.05, 3.63) is 132 Å². The van der Waals surface area contributed by atoms with Crippen molar-refractivity contribution < 1.29 is 56.1 Å². The lowest BCUT2D eigenvalue weighted by Crippen LogP contribution is -2.63. The van der Waals surface area contributed by atoms with E-state index in [0.717, 1.165) is 112 Å². The number of rotatable bonds is 16. The molecule has 3 aromatic carbocycles. The van der Waals surface area contributed by atoms with Crippen LogP contribution in [0, 0.1) is 16.2 Å².